The zero-order valence-corrected chi connectivity index (χ0v) is 13.2. The fraction of sp³-hybridized carbons (Fsp3) is 0.917. The summed E-state index contributed by atoms with van der Waals surface area (Å²) in [7, 11) is -3.13. The monoisotopic (exact) mass is 293 g/mol. The predicted octanol–water partition coefficient (Wildman–Crippen LogP) is 0.162. The number of amides is 1. The molecule has 0 aliphatic carbocycles. The van der Waals surface area contributed by atoms with E-state index in [1.54, 1.807) is 6.92 Å². The van der Waals surface area contributed by atoms with Crippen LogP contribution in [0.15, 0.2) is 0 Å². The van der Waals surface area contributed by atoms with Gasteiger partial charge in [0.25, 0.3) is 0 Å². The van der Waals surface area contributed by atoms with Crippen LogP contribution in [0.5, 0.6) is 0 Å². The lowest BCUT2D eigenvalue weighted by Gasteiger charge is -2.17. The van der Waals surface area contributed by atoms with Gasteiger partial charge in [0.05, 0.1) is 6.26 Å². The maximum atomic E-state index is 11.5. The second-order valence-corrected chi connectivity index (χ2v) is 6.80. The van der Waals surface area contributed by atoms with E-state index >= 15 is 0 Å². The van der Waals surface area contributed by atoms with Gasteiger partial charge in [0.15, 0.2) is 0 Å². The highest BCUT2D eigenvalue weighted by Crippen LogP contribution is 1.98. The Morgan fingerprint density at radius 2 is 1.89 bits per heavy atom. The number of carbonyl (C=O) groups excluding carboxylic acids is 1. The van der Waals surface area contributed by atoms with Crippen molar-refractivity contribution in [3.63, 3.8) is 0 Å². The molecule has 0 aromatic rings. The second-order valence-electron chi connectivity index (χ2n) is 4.82. The summed E-state index contributed by atoms with van der Waals surface area (Å²) in [5.41, 5.74) is 0. The molecule has 0 rings (SSSR count). The van der Waals surface area contributed by atoms with Gasteiger partial charge in [0, 0.05) is 38.6 Å². The molecule has 0 radical (unpaired) electrons. The van der Waals surface area contributed by atoms with Crippen molar-refractivity contribution in [1.82, 2.24) is 14.9 Å². The van der Waals surface area contributed by atoms with Gasteiger partial charge in [0.1, 0.15) is 0 Å². The summed E-state index contributed by atoms with van der Waals surface area (Å²) < 4.78 is 24.1. The molecule has 0 heterocycles. The summed E-state index contributed by atoms with van der Waals surface area (Å²) in [5.74, 6) is -0.00412. The number of nitrogens with one attached hydrogen (secondary N) is 2. The Kier molecular flexibility index (Phi) is 8.95. The van der Waals surface area contributed by atoms with Gasteiger partial charge < -0.3 is 10.6 Å². The number of rotatable bonds is 10. The topological polar surface area (TPSA) is 78.5 Å². The standard InChI is InChI=1S/C12H27N3O3S/c1-5-15(19(4,17)18)10-6-8-14-12(16)7-9-13-11(2)3/h11,13H,5-10H2,1-4H3,(H,14,16). The summed E-state index contributed by atoms with van der Waals surface area (Å²) in [6.45, 7) is 7.94. The summed E-state index contributed by atoms with van der Waals surface area (Å²) in [6, 6.07) is 0.376. The molecule has 0 saturated carbocycles. The van der Waals surface area contributed by atoms with Crippen LogP contribution in [-0.2, 0) is 14.8 Å². The zero-order chi connectivity index (χ0) is 14.9. The third-order valence-corrected chi connectivity index (χ3v) is 4.01. The molecule has 19 heavy (non-hydrogen) atoms. The van der Waals surface area contributed by atoms with Gasteiger partial charge in [-0.15, -0.1) is 0 Å². The Bertz CT molecular complexity index is 355. The highest BCUT2D eigenvalue weighted by atomic mass is 32.2. The van der Waals surface area contributed by atoms with E-state index in [-0.39, 0.29) is 5.91 Å². The number of hydrogen-bond donors (Lipinski definition) is 2. The molecule has 0 unspecified atom stereocenters. The maximum Gasteiger partial charge on any atom is 0.221 e. The zero-order valence-electron chi connectivity index (χ0n) is 12.4. The quantitative estimate of drug-likeness (QED) is 0.563. The van der Waals surface area contributed by atoms with Crippen LogP contribution in [0.2, 0.25) is 0 Å². The molecule has 1 amide bonds. The van der Waals surface area contributed by atoms with Gasteiger partial charge >= 0.3 is 0 Å². The van der Waals surface area contributed by atoms with E-state index in [4.69, 9.17) is 0 Å². The summed E-state index contributed by atoms with van der Waals surface area (Å²) in [6.07, 6.45) is 2.28. The largest absolute Gasteiger partial charge is 0.356 e. The van der Waals surface area contributed by atoms with Crippen molar-refractivity contribution in [3.05, 3.63) is 0 Å². The number of sulfonamides is 1. The normalized spacial score (nSPS) is 12.1. The van der Waals surface area contributed by atoms with E-state index in [2.05, 4.69) is 10.6 Å². The molecule has 0 saturated heterocycles. The van der Waals surface area contributed by atoms with Crippen molar-refractivity contribution in [1.29, 1.82) is 0 Å². The Balaban J connectivity index is 3.71. The third kappa shape index (κ3) is 9.86. The Morgan fingerprint density at radius 3 is 2.37 bits per heavy atom. The third-order valence-electron chi connectivity index (χ3n) is 2.63. The van der Waals surface area contributed by atoms with Gasteiger partial charge in [-0.3, -0.25) is 4.79 Å². The lowest BCUT2D eigenvalue weighted by atomic mass is 10.3. The van der Waals surface area contributed by atoms with Gasteiger partial charge in [-0.2, -0.15) is 0 Å². The second kappa shape index (κ2) is 9.28. The van der Waals surface area contributed by atoms with Gasteiger partial charge in [0.2, 0.25) is 15.9 Å². The van der Waals surface area contributed by atoms with Crippen LogP contribution < -0.4 is 10.6 Å². The lowest BCUT2D eigenvalue weighted by Crippen LogP contribution is -2.34. The van der Waals surface area contributed by atoms with E-state index in [0.717, 1.165) is 0 Å². The molecule has 0 aliphatic heterocycles. The Hall–Kier alpha value is -0.660. The van der Waals surface area contributed by atoms with Crippen LogP contribution in [0.25, 0.3) is 0 Å². The molecule has 0 bridgehead atoms. The van der Waals surface area contributed by atoms with Crippen LogP contribution in [-0.4, -0.2) is 57.1 Å². The maximum absolute atomic E-state index is 11.5. The molecule has 7 heteroatoms. The molecular weight excluding hydrogens is 266 g/mol. The van der Waals surface area contributed by atoms with Crippen LogP contribution >= 0.6 is 0 Å². The number of carbonyl (C=O) groups is 1. The summed E-state index contributed by atoms with van der Waals surface area (Å²) >= 11 is 0. The first-order valence-electron chi connectivity index (χ1n) is 6.72. The van der Waals surface area contributed by atoms with Gasteiger partial charge in [-0.05, 0) is 6.42 Å². The molecule has 0 spiro atoms. The van der Waals surface area contributed by atoms with Crippen LogP contribution in [0.4, 0.5) is 0 Å². The number of hydrogen-bond acceptors (Lipinski definition) is 4. The van der Waals surface area contributed by atoms with Crippen molar-refractivity contribution in [2.45, 2.75) is 39.7 Å². The summed E-state index contributed by atoms with van der Waals surface area (Å²) in [4.78, 5) is 11.5. The van der Waals surface area contributed by atoms with E-state index in [0.29, 0.717) is 45.1 Å². The minimum absolute atomic E-state index is 0.00412. The first-order chi connectivity index (χ1) is 8.77. The SMILES string of the molecule is CCN(CCCNC(=O)CCNC(C)C)S(C)(=O)=O. The minimum atomic E-state index is -3.13. The molecule has 0 aromatic carbocycles. The fourth-order valence-electron chi connectivity index (χ4n) is 1.60. The van der Waals surface area contributed by atoms with Crippen molar-refractivity contribution in [3.8, 4) is 0 Å². The van der Waals surface area contributed by atoms with E-state index in [1.807, 2.05) is 13.8 Å². The van der Waals surface area contributed by atoms with Gasteiger partial charge in [-0.25, -0.2) is 12.7 Å². The number of nitrogens with zero attached hydrogens (tertiary/aromatic N) is 1. The molecule has 0 atom stereocenters. The van der Waals surface area contributed by atoms with E-state index in [9.17, 15) is 13.2 Å². The van der Waals surface area contributed by atoms with Crippen molar-refractivity contribution in [2.75, 3.05) is 32.4 Å². The molecule has 2 N–H and O–H groups in total. The smallest absolute Gasteiger partial charge is 0.221 e. The van der Waals surface area contributed by atoms with E-state index < -0.39 is 10.0 Å². The van der Waals surface area contributed by atoms with Crippen LogP contribution in [0.3, 0.4) is 0 Å². The lowest BCUT2D eigenvalue weighted by molar-refractivity contribution is -0.121. The highest BCUT2D eigenvalue weighted by molar-refractivity contribution is 7.88. The molecular formula is C12H27N3O3S. The predicted molar refractivity (Wildman–Crippen MR) is 77.5 cm³/mol. The Labute approximate surface area is 117 Å². The van der Waals surface area contributed by atoms with Crippen LogP contribution in [0, 0.1) is 0 Å². The minimum Gasteiger partial charge on any atom is -0.356 e. The van der Waals surface area contributed by atoms with Crippen molar-refractivity contribution < 1.29 is 13.2 Å². The molecule has 0 fully saturated rings. The fourth-order valence-corrected chi connectivity index (χ4v) is 2.53. The molecule has 0 aromatic heterocycles. The average Bonchev–Trinajstić information content (AvgIpc) is 2.26. The average molecular weight is 293 g/mol. The van der Waals surface area contributed by atoms with Crippen molar-refractivity contribution >= 4 is 15.9 Å². The molecule has 0 aliphatic rings. The Morgan fingerprint density at radius 1 is 1.26 bits per heavy atom. The summed E-state index contributed by atoms with van der Waals surface area (Å²) in [5, 5.41) is 5.95. The molecule has 114 valence electrons. The first-order valence-corrected chi connectivity index (χ1v) is 8.57. The van der Waals surface area contributed by atoms with Crippen molar-refractivity contribution in [2.24, 2.45) is 0 Å². The first kappa shape index (κ1) is 18.3. The van der Waals surface area contributed by atoms with E-state index in [1.165, 1.54) is 10.6 Å². The highest BCUT2D eigenvalue weighted by Gasteiger charge is 2.13. The van der Waals surface area contributed by atoms with Gasteiger partial charge in [-0.1, -0.05) is 20.8 Å². The molecule has 6 nitrogen and oxygen atoms in total. The van der Waals surface area contributed by atoms with Crippen LogP contribution in [0.1, 0.15) is 33.6 Å².